The Morgan fingerprint density at radius 2 is 1.70 bits per heavy atom. The number of nitrogens with zero attached hydrogens (tertiary/aromatic N) is 2. The van der Waals surface area contributed by atoms with E-state index in [1.807, 2.05) is 44.1 Å². The number of aryl methyl sites for hydroxylation is 1. The van der Waals surface area contributed by atoms with Crippen LogP contribution in [0.5, 0.6) is 11.5 Å². The molecule has 3 aromatic rings. The lowest BCUT2D eigenvalue weighted by atomic mass is 9.95. The van der Waals surface area contributed by atoms with Crippen molar-refractivity contribution in [3.8, 4) is 11.5 Å². The fourth-order valence-corrected chi connectivity index (χ4v) is 4.50. The number of Topliss-reactive ketones (excluding diaryl/α,β-unsaturated/α-hetero) is 1. The van der Waals surface area contributed by atoms with Gasteiger partial charge >= 0.3 is 0 Å². The molecule has 1 aliphatic rings. The van der Waals surface area contributed by atoms with Crippen molar-refractivity contribution in [2.45, 2.75) is 26.0 Å². The number of rotatable bonds is 9. The fraction of sp³-hybridized carbons (Fsp3) is 0.267. The third-order valence-corrected chi connectivity index (χ3v) is 6.37. The Hall–Kier alpha value is -4.10. The molecule has 0 aromatic heterocycles. The van der Waals surface area contributed by atoms with Crippen LogP contribution in [0, 0.1) is 6.92 Å². The Labute approximate surface area is 217 Å². The van der Waals surface area contributed by atoms with E-state index >= 15 is 0 Å². The first-order chi connectivity index (χ1) is 17.7. The summed E-state index contributed by atoms with van der Waals surface area (Å²) in [6, 6.07) is 20.5. The second-order valence-electron chi connectivity index (χ2n) is 9.54. The maximum atomic E-state index is 13.1. The van der Waals surface area contributed by atoms with E-state index in [0.717, 1.165) is 17.7 Å². The Morgan fingerprint density at radius 1 is 1.00 bits per heavy atom. The second kappa shape index (κ2) is 11.3. The normalized spacial score (nSPS) is 17.0. The molecule has 1 heterocycles. The number of ketones is 1. The molecule has 0 saturated carbocycles. The minimum absolute atomic E-state index is 0.0361. The number of benzene rings is 3. The summed E-state index contributed by atoms with van der Waals surface area (Å²) in [6.45, 7) is 3.54. The largest absolute Gasteiger partial charge is 0.508 e. The zero-order chi connectivity index (χ0) is 26.5. The summed E-state index contributed by atoms with van der Waals surface area (Å²) in [6.07, 6.45) is 0.668. The molecule has 1 fully saturated rings. The molecular weight excluding hydrogens is 468 g/mol. The number of phenolic OH excluding ortho intramolecular Hbond substituents is 1. The van der Waals surface area contributed by atoms with Crippen molar-refractivity contribution in [2.24, 2.45) is 0 Å². The zero-order valence-electron chi connectivity index (χ0n) is 21.3. The molecule has 1 saturated heterocycles. The maximum absolute atomic E-state index is 13.1. The number of hydrogen-bond acceptors (Lipinski definition) is 6. The third-order valence-electron chi connectivity index (χ3n) is 6.37. The van der Waals surface area contributed by atoms with Crippen molar-refractivity contribution in [1.82, 2.24) is 9.80 Å². The summed E-state index contributed by atoms with van der Waals surface area (Å²) in [5.41, 5.74) is 3.30. The number of amides is 1. The number of likely N-dealkylation sites (tertiary alicyclic amines) is 1. The number of aliphatic hydroxyl groups is 1. The van der Waals surface area contributed by atoms with Gasteiger partial charge in [-0.3, -0.25) is 9.59 Å². The van der Waals surface area contributed by atoms with E-state index in [1.54, 1.807) is 36.4 Å². The number of carbonyl (C=O) groups is 2. The summed E-state index contributed by atoms with van der Waals surface area (Å²) in [7, 11) is 3.89. The van der Waals surface area contributed by atoms with Gasteiger partial charge in [-0.15, -0.1) is 0 Å². The Balaban J connectivity index is 1.62. The first-order valence-corrected chi connectivity index (χ1v) is 12.3. The summed E-state index contributed by atoms with van der Waals surface area (Å²) in [5.74, 6) is -0.903. The molecule has 0 aliphatic carbocycles. The first-order valence-electron chi connectivity index (χ1n) is 12.3. The van der Waals surface area contributed by atoms with Crippen LogP contribution in [0.15, 0.2) is 78.4 Å². The summed E-state index contributed by atoms with van der Waals surface area (Å²) in [5, 5.41) is 21.0. The highest BCUT2D eigenvalue weighted by Crippen LogP contribution is 2.40. The maximum Gasteiger partial charge on any atom is 0.295 e. The lowest BCUT2D eigenvalue weighted by molar-refractivity contribution is -0.139. The molecule has 192 valence electrons. The molecule has 2 N–H and O–H groups in total. The van der Waals surface area contributed by atoms with Crippen molar-refractivity contribution in [2.75, 3.05) is 27.2 Å². The van der Waals surface area contributed by atoms with Crippen molar-refractivity contribution < 1.29 is 24.5 Å². The van der Waals surface area contributed by atoms with Gasteiger partial charge in [0.05, 0.1) is 11.6 Å². The zero-order valence-corrected chi connectivity index (χ0v) is 21.3. The van der Waals surface area contributed by atoms with Crippen LogP contribution in [0.4, 0.5) is 0 Å². The van der Waals surface area contributed by atoms with Gasteiger partial charge in [-0.25, -0.2) is 0 Å². The highest BCUT2D eigenvalue weighted by molar-refractivity contribution is 6.46. The molecule has 0 unspecified atom stereocenters. The minimum Gasteiger partial charge on any atom is -0.508 e. The average molecular weight is 501 g/mol. The number of hydrogen-bond donors (Lipinski definition) is 2. The van der Waals surface area contributed by atoms with Crippen LogP contribution < -0.4 is 4.74 Å². The van der Waals surface area contributed by atoms with Gasteiger partial charge in [-0.1, -0.05) is 42.0 Å². The molecule has 1 aliphatic heterocycles. The first kappa shape index (κ1) is 26.0. The molecule has 4 rings (SSSR count). The van der Waals surface area contributed by atoms with E-state index in [9.17, 15) is 19.8 Å². The lowest BCUT2D eigenvalue weighted by Gasteiger charge is -2.26. The summed E-state index contributed by atoms with van der Waals surface area (Å²) >= 11 is 0. The predicted molar refractivity (Wildman–Crippen MR) is 142 cm³/mol. The van der Waals surface area contributed by atoms with E-state index in [2.05, 4.69) is 6.07 Å². The number of aromatic hydroxyl groups is 1. The quantitative estimate of drug-likeness (QED) is 0.253. The van der Waals surface area contributed by atoms with Crippen LogP contribution in [0.1, 0.15) is 34.7 Å². The monoisotopic (exact) mass is 500 g/mol. The smallest absolute Gasteiger partial charge is 0.295 e. The van der Waals surface area contributed by atoms with Gasteiger partial charge in [0.2, 0.25) is 0 Å². The molecule has 0 bridgehead atoms. The van der Waals surface area contributed by atoms with E-state index < -0.39 is 17.7 Å². The molecule has 1 amide bonds. The SMILES string of the molecule is Cc1cccc(COc2ccc(/C(O)=C3\C(=O)C(=O)N(CCCN(C)C)[C@@H]3c3ccc(O)cc3)cc2)c1. The minimum atomic E-state index is -0.750. The number of ether oxygens (including phenoxy) is 1. The van der Waals surface area contributed by atoms with Crippen LogP contribution in [0.3, 0.4) is 0 Å². The van der Waals surface area contributed by atoms with Crippen molar-refractivity contribution in [3.63, 3.8) is 0 Å². The molecule has 1 atom stereocenters. The summed E-state index contributed by atoms with van der Waals surface area (Å²) < 4.78 is 5.87. The molecule has 37 heavy (non-hydrogen) atoms. The van der Waals surface area contributed by atoms with Gasteiger partial charge in [-0.2, -0.15) is 0 Å². The Kier molecular flexibility index (Phi) is 7.94. The molecule has 7 heteroatoms. The highest BCUT2D eigenvalue weighted by Gasteiger charge is 2.45. The lowest BCUT2D eigenvalue weighted by Crippen LogP contribution is -2.32. The number of aliphatic hydroxyl groups excluding tert-OH is 1. The van der Waals surface area contributed by atoms with Crippen LogP contribution in [0.2, 0.25) is 0 Å². The van der Waals surface area contributed by atoms with Gasteiger partial charge in [0.1, 0.15) is 23.9 Å². The van der Waals surface area contributed by atoms with Crippen LogP contribution in [-0.2, 0) is 16.2 Å². The molecular formula is C30H32N2O5. The van der Waals surface area contributed by atoms with Crippen LogP contribution in [0.25, 0.3) is 5.76 Å². The number of phenols is 1. The van der Waals surface area contributed by atoms with Crippen molar-refractivity contribution in [3.05, 3.63) is 101 Å². The third kappa shape index (κ3) is 6.01. The van der Waals surface area contributed by atoms with Gasteiger partial charge in [-0.05, 0) is 81.5 Å². The Morgan fingerprint density at radius 3 is 2.35 bits per heavy atom. The van der Waals surface area contributed by atoms with Gasteiger partial charge in [0.25, 0.3) is 11.7 Å². The van der Waals surface area contributed by atoms with Crippen molar-refractivity contribution in [1.29, 1.82) is 0 Å². The van der Waals surface area contributed by atoms with Crippen LogP contribution >= 0.6 is 0 Å². The van der Waals surface area contributed by atoms with Crippen molar-refractivity contribution >= 4 is 17.4 Å². The Bertz CT molecular complexity index is 1300. The molecule has 0 spiro atoms. The standard InChI is InChI=1S/C30H32N2O5/c1-20-6-4-7-21(18-20)19-37-25-14-10-23(11-15-25)28(34)26-27(22-8-12-24(33)13-9-22)32(30(36)29(26)35)17-5-16-31(2)3/h4,6-15,18,27,33-34H,5,16-17,19H2,1-3H3/b28-26+/t27-/m1/s1. The summed E-state index contributed by atoms with van der Waals surface area (Å²) in [4.78, 5) is 29.7. The number of carbonyl (C=O) groups excluding carboxylic acids is 2. The molecule has 3 aromatic carbocycles. The van der Waals surface area contributed by atoms with Crippen LogP contribution in [-0.4, -0.2) is 58.9 Å². The molecule has 0 radical (unpaired) electrons. The second-order valence-corrected chi connectivity index (χ2v) is 9.54. The van der Waals surface area contributed by atoms with E-state index in [4.69, 9.17) is 4.74 Å². The molecule has 7 nitrogen and oxygen atoms in total. The van der Waals surface area contributed by atoms with Gasteiger partial charge < -0.3 is 24.7 Å². The fourth-order valence-electron chi connectivity index (χ4n) is 4.50. The van der Waals surface area contributed by atoms with E-state index in [-0.39, 0.29) is 17.1 Å². The van der Waals surface area contributed by atoms with Gasteiger partial charge in [0, 0.05) is 12.1 Å². The topological polar surface area (TPSA) is 90.3 Å². The van der Waals surface area contributed by atoms with Gasteiger partial charge in [0.15, 0.2) is 0 Å². The average Bonchev–Trinajstić information content (AvgIpc) is 3.13. The highest BCUT2D eigenvalue weighted by atomic mass is 16.5. The van der Waals surface area contributed by atoms with E-state index in [1.165, 1.54) is 17.0 Å². The predicted octanol–water partition coefficient (Wildman–Crippen LogP) is 4.65. The van der Waals surface area contributed by atoms with E-state index in [0.29, 0.717) is 36.4 Å².